The Kier molecular flexibility index (Phi) is 2.68. The van der Waals surface area contributed by atoms with Crippen LogP contribution in [-0.4, -0.2) is 17.3 Å². The number of methoxy groups -OCH3 is 1. The van der Waals surface area contributed by atoms with E-state index in [-0.39, 0.29) is 11.6 Å². The summed E-state index contributed by atoms with van der Waals surface area (Å²) in [4.78, 5) is 0. The van der Waals surface area contributed by atoms with Gasteiger partial charge in [-0.15, -0.1) is 5.10 Å². The SMILES string of the molecule is COc1ccc(F)cc1-c1ccnnc1N. The van der Waals surface area contributed by atoms with Gasteiger partial charge in [0.1, 0.15) is 11.6 Å². The van der Waals surface area contributed by atoms with Crippen molar-refractivity contribution < 1.29 is 9.13 Å². The van der Waals surface area contributed by atoms with Gasteiger partial charge in [-0.2, -0.15) is 5.10 Å². The molecule has 16 heavy (non-hydrogen) atoms. The van der Waals surface area contributed by atoms with Crippen LogP contribution in [0.3, 0.4) is 0 Å². The molecule has 0 bridgehead atoms. The van der Waals surface area contributed by atoms with Crippen LogP contribution in [0.1, 0.15) is 0 Å². The summed E-state index contributed by atoms with van der Waals surface area (Å²) in [5, 5.41) is 7.35. The number of rotatable bonds is 2. The lowest BCUT2D eigenvalue weighted by Gasteiger charge is -2.09. The lowest BCUT2D eigenvalue weighted by molar-refractivity contribution is 0.415. The Hall–Kier alpha value is -2.17. The zero-order valence-corrected chi connectivity index (χ0v) is 8.64. The molecule has 0 saturated carbocycles. The summed E-state index contributed by atoms with van der Waals surface area (Å²) in [6.45, 7) is 0. The molecule has 0 amide bonds. The van der Waals surface area contributed by atoms with E-state index < -0.39 is 0 Å². The second kappa shape index (κ2) is 4.14. The summed E-state index contributed by atoms with van der Waals surface area (Å²) in [5.74, 6) is 0.430. The normalized spacial score (nSPS) is 10.1. The minimum atomic E-state index is -0.355. The van der Waals surface area contributed by atoms with Gasteiger partial charge in [-0.3, -0.25) is 0 Å². The molecule has 0 fully saturated rings. The van der Waals surface area contributed by atoms with Crippen LogP contribution < -0.4 is 10.5 Å². The predicted molar refractivity (Wildman–Crippen MR) is 58.4 cm³/mol. The van der Waals surface area contributed by atoms with Crippen LogP contribution in [0.15, 0.2) is 30.5 Å². The molecule has 0 aliphatic heterocycles. The highest BCUT2D eigenvalue weighted by atomic mass is 19.1. The number of hydrogen-bond donors (Lipinski definition) is 1. The molecule has 2 rings (SSSR count). The zero-order valence-electron chi connectivity index (χ0n) is 8.64. The smallest absolute Gasteiger partial charge is 0.154 e. The standard InChI is InChI=1S/C11H10FN3O/c1-16-10-3-2-7(12)6-9(10)8-4-5-14-15-11(8)13/h2-6H,1H3,(H2,13,15). The highest BCUT2D eigenvalue weighted by molar-refractivity contribution is 5.77. The third-order valence-corrected chi connectivity index (χ3v) is 2.20. The van der Waals surface area contributed by atoms with E-state index in [2.05, 4.69) is 10.2 Å². The molecule has 0 saturated heterocycles. The van der Waals surface area contributed by atoms with Crippen LogP contribution in [0.25, 0.3) is 11.1 Å². The van der Waals surface area contributed by atoms with E-state index in [0.717, 1.165) is 0 Å². The molecule has 0 unspecified atom stereocenters. The van der Waals surface area contributed by atoms with E-state index in [1.165, 1.54) is 25.4 Å². The molecule has 0 radical (unpaired) electrons. The molecule has 0 aliphatic rings. The van der Waals surface area contributed by atoms with Gasteiger partial charge >= 0.3 is 0 Å². The number of benzene rings is 1. The number of anilines is 1. The van der Waals surface area contributed by atoms with Crippen molar-refractivity contribution in [1.82, 2.24) is 10.2 Å². The first-order valence-corrected chi connectivity index (χ1v) is 4.63. The maximum Gasteiger partial charge on any atom is 0.154 e. The summed E-state index contributed by atoms with van der Waals surface area (Å²) < 4.78 is 18.3. The van der Waals surface area contributed by atoms with Crippen molar-refractivity contribution in [1.29, 1.82) is 0 Å². The molecule has 2 N–H and O–H groups in total. The van der Waals surface area contributed by atoms with Crippen LogP contribution in [-0.2, 0) is 0 Å². The topological polar surface area (TPSA) is 61.0 Å². The minimum absolute atomic E-state index is 0.242. The van der Waals surface area contributed by atoms with Crippen LogP contribution in [0.2, 0.25) is 0 Å². The molecule has 2 aromatic rings. The van der Waals surface area contributed by atoms with Crippen LogP contribution in [0.5, 0.6) is 5.75 Å². The fourth-order valence-electron chi connectivity index (χ4n) is 1.46. The summed E-state index contributed by atoms with van der Waals surface area (Å²) in [7, 11) is 1.52. The van der Waals surface area contributed by atoms with Crippen molar-refractivity contribution in [3.63, 3.8) is 0 Å². The molecule has 1 heterocycles. The third-order valence-electron chi connectivity index (χ3n) is 2.20. The number of nitrogens with zero attached hydrogens (tertiary/aromatic N) is 2. The molecule has 82 valence electrons. The van der Waals surface area contributed by atoms with E-state index in [9.17, 15) is 4.39 Å². The summed E-state index contributed by atoms with van der Waals surface area (Å²) in [6.07, 6.45) is 1.50. The van der Waals surface area contributed by atoms with E-state index in [4.69, 9.17) is 10.5 Å². The Morgan fingerprint density at radius 1 is 1.25 bits per heavy atom. The molecule has 1 aromatic carbocycles. The minimum Gasteiger partial charge on any atom is -0.496 e. The van der Waals surface area contributed by atoms with Crippen molar-refractivity contribution in [3.05, 3.63) is 36.3 Å². The molecule has 5 heteroatoms. The van der Waals surface area contributed by atoms with Gasteiger partial charge in [-0.25, -0.2) is 4.39 Å². The number of hydrogen-bond acceptors (Lipinski definition) is 4. The predicted octanol–water partition coefficient (Wildman–Crippen LogP) is 1.87. The van der Waals surface area contributed by atoms with Crippen LogP contribution in [0, 0.1) is 5.82 Å². The van der Waals surface area contributed by atoms with Crippen LogP contribution >= 0.6 is 0 Å². The average Bonchev–Trinajstić information content (AvgIpc) is 2.29. The van der Waals surface area contributed by atoms with Gasteiger partial charge in [0, 0.05) is 11.1 Å². The number of nitrogens with two attached hydrogens (primary N) is 1. The summed E-state index contributed by atoms with van der Waals surface area (Å²) in [6, 6.07) is 5.89. The first-order chi connectivity index (χ1) is 7.72. The fourth-order valence-corrected chi connectivity index (χ4v) is 1.46. The van der Waals surface area contributed by atoms with E-state index in [1.807, 2.05) is 0 Å². The van der Waals surface area contributed by atoms with Gasteiger partial charge in [0.15, 0.2) is 5.82 Å². The highest BCUT2D eigenvalue weighted by Crippen LogP contribution is 2.32. The second-order valence-corrected chi connectivity index (χ2v) is 3.17. The quantitative estimate of drug-likeness (QED) is 0.837. The largest absolute Gasteiger partial charge is 0.496 e. The van der Waals surface area contributed by atoms with E-state index in [1.54, 1.807) is 12.1 Å². The van der Waals surface area contributed by atoms with Gasteiger partial charge in [-0.1, -0.05) is 0 Å². The number of halogens is 1. The van der Waals surface area contributed by atoms with Gasteiger partial charge in [0.2, 0.25) is 0 Å². The molecule has 0 aliphatic carbocycles. The second-order valence-electron chi connectivity index (χ2n) is 3.17. The van der Waals surface area contributed by atoms with Gasteiger partial charge in [0.25, 0.3) is 0 Å². The Labute approximate surface area is 91.9 Å². The monoisotopic (exact) mass is 219 g/mol. The van der Waals surface area contributed by atoms with Crippen molar-refractivity contribution in [2.24, 2.45) is 0 Å². The molecular formula is C11H10FN3O. The van der Waals surface area contributed by atoms with E-state index in [0.29, 0.717) is 16.9 Å². The summed E-state index contributed by atoms with van der Waals surface area (Å²) in [5.41, 5.74) is 6.84. The first kappa shape index (κ1) is 10.4. The Morgan fingerprint density at radius 3 is 2.75 bits per heavy atom. The molecular weight excluding hydrogens is 209 g/mol. The maximum atomic E-state index is 13.2. The molecule has 0 spiro atoms. The van der Waals surface area contributed by atoms with Gasteiger partial charge in [-0.05, 0) is 24.3 Å². The Morgan fingerprint density at radius 2 is 2.06 bits per heavy atom. The van der Waals surface area contributed by atoms with Gasteiger partial charge in [0.05, 0.1) is 13.3 Å². The third kappa shape index (κ3) is 1.79. The van der Waals surface area contributed by atoms with Crippen molar-refractivity contribution in [2.75, 3.05) is 12.8 Å². The molecule has 0 atom stereocenters. The van der Waals surface area contributed by atoms with Crippen molar-refractivity contribution in [3.8, 4) is 16.9 Å². The molecule has 4 nitrogen and oxygen atoms in total. The Balaban J connectivity index is 2.63. The maximum absolute atomic E-state index is 13.2. The first-order valence-electron chi connectivity index (χ1n) is 4.63. The number of nitrogen functional groups attached to an aromatic ring is 1. The lowest BCUT2D eigenvalue weighted by Crippen LogP contribution is -1.97. The highest BCUT2D eigenvalue weighted by Gasteiger charge is 2.10. The number of aromatic nitrogens is 2. The van der Waals surface area contributed by atoms with E-state index >= 15 is 0 Å². The lowest BCUT2D eigenvalue weighted by atomic mass is 10.1. The van der Waals surface area contributed by atoms with Crippen LogP contribution in [0.4, 0.5) is 10.2 Å². The van der Waals surface area contributed by atoms with Crippen molar-refractivity contribution in [2.45, 2.75) is 0 Å². The summed E-state index contributed by atoms with van der Waals surface area (Å²) >= 11 is 0. The number of ether oxygens (including phenoxy) is 1. The zero-order chi connectivity index (χ0) is 11.5. The van der Waals surface area contributed by atoms with Crippen molar-refractivity contribution >= 4 is 5.82 Å². The Bertz CT molecular complexity index is 516. The fraction of sp³-hybridized carbons (Fsp3) is 0.0909. The van der Waals surface area contributed by atoms with Gasteiger partial charge < -0.3 is 10.5 Å². The molecule has 1 aromatic heterocycles. The average molecular weight is 219 g/mol.